The number of hydrogen-bond acceptors (Lipinski definition) is 5. The van der Waals surface area contributed by atoms with Crippen LogP contribution in [0.15, 0.2) is 46.3 Å². The van der Waals surface area contributed by atoms with Gasteiger partial charge in [0.2, 0.25) is 11.8 Å². The molecule has 1 aromatic carbocycles. The van der Waals surface area contributed by atoms with Gasteiger partial charge in [0.15, 0.2) is 5.82 Å². The first kappa shape index (κ1) is 17.9. The van der Waals surface area contributed by atoms with E-state index in [1.165, 1.54) is 0 Å². The number of nitrogens with zero attached hydrogens (tertiary/aromatic N) is 2. The standard InChI is InChI=1S/C20H19N3O2S/c1-2-5-18-22-20(25-23-18)12-11-19(24)21-16-7-3-6-15(14-16)9-10-17-8-4-13-26-17/h3-4,6-8,13-14H,2,5,11-12H2,1H3,(H,21,24). The van der Waals surface area contributed by atoms with Crippen molar-refractivity contribution < 1.29 is 9.32 Å². The molecule has 0 aliphatic heterocycles. The van der Waals surface area contributed by atoms with E-state index in [1.54, 1.807) is 11.3 Å². The molecule has 0 saturated carbocycles. The van der Waals surface area contributed by atoms with Crippen LogP contribution in [0.1, 0.15) is 41.9 Å². The highest BCUT2D eigenvalue weighted by Gasteiger charge is 2.09. The van der Waals surface area contributed by atoms with Gasteiger partial charge in [-0.1, -0.05) is 36.1 Å². The van der Waals surface area contributed by atoms with Gasteiger partial charge in [0, 0.05) is 30.5 Å². The van der Waals surface area contributed by atoms with Gasteiger partial charge in [-0.15, -0.1) is 11.3 Å². The molecule has 0 radical (unpaired) electrons. The zero-order valence-corrected chi connectivity index (χ0v) is 15.3. The summed E-state index contributed by atoms with van der Waals surface area (Å²) >= 11 is 1.60. The summed E-state index contributed by atoms with van der Waals surface area (Å²) in [6.07, 6.45) is 2.47. The summed E-state index contributed by atoms with van der Waals surface area (Å²) in [5.74, 6) is 7.32. The highest BCUT2D eigenvalue weighted by atomic mass is 32.1. The van der Waals surface area contributed by atoms with Gasteiger partial charge in [0.1, 0.15) is 0 Å². The molecule has 6 heteroatoms. The molecule has 0 saturated heterocycles. The van der Waals surface area contributed by atoms with Gasteiger partial charge in [0.05, 0.1) is 4.88 Å². The predicted molar refractivity (Wildman–Crippen MR) is 102 cm³/mol. The third-order valence-corrected chi connectivity index (χ3v) is 4.33. The Morgan fingerprint density at radius 1 is 1.23 bits per heavy atom. The topological polar surface area (TPSA) is 68.0 Å². The minimum absolute atomic E-state index is 0.0939. The maximum absolute atomic E-state index is 12.1. The number of aryl methyl sites for hydroxylation is 2. The Balaban J connectivity index is 1.54. The number of carbonyl (C=O) groups is 1. The van der Waals surface area contributed by atoms with Crippen molar-refractivity contribution in [1.82, 2.24) is 10.1 Å². The maximum atomic E-state index is 12.1. The Hall–Kier alpha value is -2.91. The second kappa shape index (κ2) is 8.97. The van der Waals surface area contributed by atoms with Crippen molar-refractivity contribution in [3.05, 3.63) is 63.9 Å². The van der Waals surface area contributed by atoms with Crippen molar-refractivity contribution in [2.45, 2.75) is 32.6 Å². The largest absolute Gasteiger partial charge is 0.339 e. The minimum Gasteiger partial charge on any atom is -0.339 e. The smallest absolute Gasteiger partial charge is 0.227 e. The summed E-state index contributed by atoms with van der Waals surface area (Å²) in [6.45, 7) is 2.06. The zero-order chi connectivity index (χ0) is 18.2. The highest BCUT2D eigenvalue weighted by molar-refractivity contribution is 7.10. The molecule has 3 aromatic rings. The molecule has 0 bridgehead atoms. The van der Waals surface area contributed by atoms with Crippen molar-refractivity contribution in [1.29, 1.82) is 0 Å². The van der Waals surface area contributed by atoms with Crippen molar-refractivity contribution >= 4 is 22.9 Å². The van der Waals surface area contributed by atoms with E-state index in [0.29, 0.717) is 24.6 Å². The van der Waals surface area contributed by atoms with Gasteiger partial charge in [-0.25, -0.2) is 0 Å². The Labute approximate surface area is 156 Å². The number of amides is 1. The SMILES string of the molecule is CCCc1noc(CCC(=O)Nc2cccc(C#Cc3cccs3)c2)n1. The molecule has 0 atom stereocenters. The molecular weight excluding hydrogens is 346 g/mol. The van der Waals surface area contributed by atoms with E-state index in [9.17, 15) is 4.79 Å². The maximum Gasteiger partial charge on any atom is 0.227 e. The number of anilines is 1. The molecule has 0 aliphatic rings. The van der Waals surface area contributed by atoms with Crippen LogP contribution >= 0.6 is 11.3 Å². The van der Waals surface area contributed by atoms with E-state index in [0.717, 1.165) is 29.0 Å². The lowest BCUT2D eigenvalue weighted by atomic mass is 10.2. The average Bonchev–Trinajstić information content (AvgIpc) is 3.31. The quantitative estimate of drug-likeness (QED) is 0.669. The van der Waals surface area contributed by atoms with Crippen LogP contribution in [0, 0.1) is 11.8 Å². The van der Waals surface area contributed by atoms with E-state index in [-0.39, 0.29) is 5.91 Å². The molecule has 26 heavy (non-hydrogen) atoms. The van der Waals surface area contributed by atoms with Gasteiger partial charge < -0.3 is 9.84 Å². The third kappa shape index (κ3) is 5.30. The molecule has 1 amide bonds. The summed E-state index contributed by atoms with van der Waals surface area (Å²) in [5.41, 5.74) is 1.59. The van der Waals surface area contributed by atoms with Gasteiger partial charge in [-0.3, -0.25) is 4.79 Å². The number of aromatic nitrogens is 2. The van der Waals surface area contributed by atoms with Crippen LogP contribution in [-0.2, 0) is 17.6 Å². The predicted octanol–water partition coefficient (Wildman–Crippen LogP) is 4.05. The fourth-order valence-corrected chi connectivity index (χ4v) is 2.89. The fourth-order valence-electron chi connectivity index (χ4n) is 2.32. The van der Waals surface area contributed by atoms with Gasteiger partial charge in [0.25, 0.3) is 0 Å². The van der Waals surface area contributed by atoms with E-state index < -0.39 is 0 Å². The van der Waals surface area contributed by atoms with Crippen LogP contribution in [0.3, 0.4) is 0 Å². The first-order valence-electron chi connectivity index (χ1n) is 8.50. The van der Waals surface area contributed by atoms with Crippen molar-refractivity contribution in [2.24, 2.45) is 0 Å². The van der Waals surface area contributed by atoms with Crippen LogP contribution in [0.2, 0.25) is 0 Å². The summed E-state index contributed by atoms with van der Waals surface area (Å²) in [4.78, 5) is 17.4. The molecule has 0 aliphatic carbocycles. The molecule has 132 valence electrons. The lowest BCUT2D eigenvalue weighted by Crippen LogP contribution is -2.12. The van der Waals surface area contributed by atoms with E-state index in [1.807, 2.05) is 41.8 Å². The monoisotopic (exact) mass is 365 g/mol. The van der Waals surface area contributed by atoms with E-state index >= 15 is 0 Å². The number of rotatable bonds is 6. The molecule has 2 aromatic heterocycles. The number of hydrogen-bond donors (Lipinski definition) is 1. The third-order valence-electron chi connectivity index (χ3n) is 3.55. The molecular formula is C20H19N3O2S. The summed E-state index contributed by atoms with van der Waals surface area (Å²) in [5, 5.41) is 8.77. The molecule has 5 nitrogen and oxygen atoms in total. The summed E-state index contributed by atoms with van der Waals surface area (Å²) in [7, 11) is 0. The molecule has 2 heterocycles. The zero-order valence-electron chi connectivity index (χ0n) is 14.5. The Morgan fingerprint density at radius 3 is 2.96 bits per heavy atom. The van der Waals surface area contributed by atoms with Gasteiger partial charge in [-0.2, -0.15) is 4.98 Å². The summed E-state index contributed by atoms with van der Waals surface area (Å²) < 4.78 is 5.15. The number of benzene rings is 1. The van der Waals surface area contributed by atoms with E-state index in [2.05, 4.69) is 34.2 Å². The van der Waals surface area contributed by atoms with Crippen LogP contribution in [-0.4, -0.2) is 16.0 Å². The Bertz CT molecular complexity index is 920. The van der Waals surface area contributed by atoms with Gasteiger partial charge in [-0.05, 0) is 36.1 Å². The number of nitrogens with one attached hydrogen (secondary N) is 1. The van der Waals surface area contributed by atoms with Crippen LogP contribution in [0.4, 0.5) is 5.69 Å². The first-order valence-corrected chi connectivity index (χ1v) is 9.38. The van der Waals surface area contributed by atoms with Crippen molar-refractivity contribution in [2.75, 3.05) is 5.32 Å². The van der Waals surface area contributed by atoms with Crippen LogP contribution in [0.25, 0.3) is 0 Å². The molecule has 1 N–H and O–H groups in total. The molecule has 0 spiro atoms. The lowest BCUT2D eigenvalue weighted by molar-refractivity contribution is -0.116. The lowest BCUT2D eigenvalue weighted by Gasteiger charge is -2.04. The Kier molecular flexibility index (Phi) is 6.18. The summed E-state index contributed by atoms with van der Waals surface area (Å²) in [6, 6.07) is 11.5. The first-order chi connectivity index (χ1) is 12.7. The van der Waals surface area contributed by atoms with E-state index in [4.69, 9.17) is 4.52 Å². The average molecular weight is 365 g/mol. The second-order valence-electron chi connectivity index (χ2n) is 5.71. The number of thiophene rings is 1. The van der Waals surface area contributed by atoms with Crippen molar-refractivity contribution in [3.8, 4) is 11.8 Å². The van der Waals surface area contributed by atoms with Gasteiger partial charge >= 0.3 is 0 Å². The van der Waals surface area contributed by atoms with Crippen LogP contribution < -0.4 is 5.32 Å². The highest BCUT2D eigenvalue weighted by Crippen LogP contribution is 2.12. The number of carbonyl (C=O) groups excluding carboxylic acids is 1. The molecule has 0 fully saturated rings. The normalized spacial score (nSPS) is 10.2. The fraction of sp³-hybridized carbons (Fsp3) is 0.250. The molecule has 0 unspecified atom stereocenters. The molecule has 3 rings (SSSR count). The van der Waals surface area contributed by atoms with Crippen LogP contribution in [0.5, 0.6) is 0 Å². The minimum atomic E-state index is -0.0939. The van der Waals surface area contributed by atoms with Crippen molar-refractivity contribution in [3.63, 3.8) is 0 Å². The Morgan fingerprint density at radius 2 is 2.15 bits per heavy atom. The second-order valence-corrected chi connectivity index (χ2v) is 6.66.